The van der Waals surface area contributed by atoms with Crippen molar-refractivity contribution in [2.24, 2.45) is 0 Å². The van der Waals surface area contributed by atoms with Crippen molar-refractivity contribution in [2.75, 3.05) is 6.54 Å². The summed E-state index contributed by atoms with van der Waals surface area (Å²) in [5.74, 6) is -0.369. The Balaban J connectivity index is 1.30. The number of halogens is 1. The maximum Gasteiger partial charge on any atom is 0.228 e. The Kier molecular flexibility index (Phi) is 4.54. The number of amides is 1. The van der Waals surface area contributed by atoms with Crippen LogP contribution in [0.15, 0.2) is 60.9 Å². The second-order valence-corrected chi connectivity index (χ2v) is 7.64. The van der Waals surface area contributed by atoms with Gasteiger partial charge in [0.05, 0.1) is 12.5 Å². The van der Waals surface area contributed by atoms with Crippen LogP contribution in [0.25, 0.3) is 11.1 Å². The molecule has 0 unspecified atom stereocenters. The fourth-order valence-corrected chi connectivity index (χ4v) is 4.28. The van der Waals surface area contributed by atoms with Crippen LogP contribution in [0, 0.1) is 5.82 Å². The van der Waals surface area contributed by atoms with Gasteiger partial charge in [-0.25, -0.2) is 4.39 Å². The molecule has 0 spiro atoms. The third-order valence-corrected chi connectivity index (χ3v) is 5.68. The Labute approximate surface area is 172 Å². The number of hydrogen-bond acceptors (Lipinski definition) is 4. The van der Waals surface area contributed by atoms with Crippen molar-refractivity contribution >= 4 is 11.7 Å². The predicted octanol–water partition coefficient (Wildman–Crippen LogP) is 3.68. The first-order chi connectivity index (χ1) is 14.6. The van der Waals surface area contributed by atoms with Gasteiger partial charge in [-0.2, -0.15) is 0 Å². The number of fused-ring (bicyclic) bond motifs is 2. The number of carbonyl (C=O) groups excluding carboxylic acids is 2. The third-order valence-electron chi connectivity index (χ3n) is 5.68. The van der Waals surface area contributed by atoms with Crippen molar-refractivity contribution in [3.8, 4) is 16.9 Å². The summed E-state index contributed by atoms with van der Waals surface area (Å²) in [5.41, 5.74) is 3.60. The maximum atomic E-state index is 14.2. The monoisotopic (exact) mass is 402 g/mol. The van der Waals surface area contributed by atoms with Gasteiger partial charge in [0.15, 0.2) is 5.78 Å². The molecule has 0 fully saturated rings. The number of nitrogens with one attached hydrogen (secondary N) is 1. The Hall–Kier alpha value is -3.54. The quantitative estimate of drug-likeness (QED) is 0.723. The molecule has 1 N–H and O–H groups in total. The fourth-order valence-electron chi connectivity index (χ4n) is 4.28. The standard InChI is InChI=1S/C24H19FN2O3/c25-16-8-15-9-17(30-23(15)20(10-16)14-4-3-7-26-12-14)13-27-24(29)21-11-22(28)19-6-2-1-5-18(19)21/h1-8,10,12,17,21H,9,11,13H2,(H,27,29)/t17-,21-/m0/s1. The number of Topliss-reactive ketones (excluding diaryl/α,β-unsaturated/α-hetero) is 1. The lowest BCUT2D eigenvalue weighted by Crippen LogP contribution is -2.37. The number of ether oxygens (including phenoxy) is 1. The number of ketones is 1. The molecule has 0 bridgehead atoms. The molecule has 6 heteroatoms. The third kappa shape index (κ3) is 3.24. The molecule has 2 aromatic carbocycles. The molecular formula is C24H19FN2O3. The molecule has 2 aliphatic rings. The Bertz CT molecular complexity index is 1150. The number of rotatable bonds is 4. The van der Waals surface area contributed by atoms with E-state index in [4.69, 9.17) is 4.74 Å². The van der Waals surface area contributed by atoms with Crippen LogP contribution in [0.2, 0.25) is 0 Å². The van der Waals surface area contributed by atoms with Gasteiger partial charge in [-0.1, -0.05) is 30.3 Å². The van der Waals surface area contributed by atoms with E-state index in [1.165, 1.54) is 12.1 Å². The molecule has 5 rings (SSSR count). The summed E-state index contributed by atoms with van der Waals surface area (Å²) in [5, 5.41) is 2.91. The van der Waals surface area contributed by atoms with Crippen LogP contribution in [0.3, 0.4) is 0 Å². The summed E-state index contributed by atoms with van der Waals surface area (Å²) >= 11 is 0. The number of carbonyl (C=O) groups is 2. The number of aromatic nitrogens is 1. The van der Waals surface area contributed by atoms with Crippen LogP contribution < -0.4 is 10.1 Å². The van der Waals surface area contributed by atoms with Gasteiger partial charge >= 0.3 is 0 Å². The van der Waals surface area contributed by atoms with Gasteiger partial charge in [0.25, 0.3) is 0 Å². The molecule has 1 aromatic heterocycles. The molecule has 0 saturated carbocycles. The molecule has 0 saturated heterocycles. The van der Waals surface area contributed by atoms with Crippen molar-refractivity contribution in [3.05, 3.63) is 83.4 Å². The van der Waals surface area contributed by atoms with Crippen LogP contribution in [0.1, 0.15) is 33.8 Å². The minimum Gasteiger partial charge on any atom is -0.487 e. The van der Waals surface area contributed by atoms with Crippen molar-refractivity contribution < 1.29 is 18.7 Å². The number of benzene rings is 2. The summed E-state index contributed by atoms with van der Waals surface area (Å²) < 4.78 is 20.2. The first kappa shape index (κ1) is 18.5. The van der Waals surface area contributed by atoms with E-state index in [1.807, 2.05) is 18.2 Å². The summed E-state index contributed by atoms with van der Waals surface area (Å²) in [6.07, 6.45) is 3.72. The van der Waals surface area contributed by atoms with E-state index in [9.17, 15) is 14.0 Å². The van der Waals surface area contributed by atoms with Gasteiger partial charge in [0.1, 0.15) is 17.7 Å². The highest BCUT2D eigenvalue weighted by molar-refractivity contribution is 6.06. The topological polar surface area (TPSA) is 68.3 Å². The smallest absolute Gasteiger partial charge is 0.228 e. The largest absolute Gasteiger partial charge is 0.487 e. The SMILES string of the molecule is O=C1C[C@H](C(=O)NC[C@@H]2Cc3cc(F)cc(-c4cccnc4)c3O2)c2ccccc21. The average molecular weight is 402 g/mol. The molecule has 2 heterocycles. The molecular weight excluding hydrogens is 383 g/mol. The van der Waals surface area contributed by atoms with Crippen LogP contribution in [0.4, 0.5) is 4.39 Å². The number of hydrogen-bond donors (Lipinski definition) is 1. The van der Waals surface area contributed by atoms with Gasteiger partial charge in [0.2, 0.25) is 5.91 Å². The fraction of sp³-hybridized carbons (Fsp3) is 0.208. The number of nitrogens with zero attached hydrogens (tertiary/aromatic N) is 1. The molecule has 5 nitrogen and oxygen atoms in total. The normalized spacial score (nSPS) is 19.2. The molecule has 150 valence electrons. The zero-order chi connectivity index (χ0) is 20.7. The summed E-state index contributed by atoms with van der Waals surface area (Å²) in [7, 11) is 0. The van der Waals surface area contributed by atoms with Crippen molar-refractivity contribution in [1.82, 2.24) is 10.3 Å². The van der Waals surface area contributed by atoms with E-state index in [0.717, 1.165) is 16.7 Å². The van der Waals surface area contributed by atoms with Gasteiger partial charge in [-0.3, -0.25) is 14.6 Å². The summed E-state index contributed by atoms with van der Waals surface area (Å²) in [6.45, 7) is 0.286. The van der Waals surface area contributed by atoms with Crippen molar-refractivity contribution in [2.45, 2.75) is 24.9 Å². The molecule has 30 heavy (non-hydrogen) atoms. The second kappa shape index (κ2) is 7.37. The van der Waals surface area contributed by atoms with Gasteiger partial charge in [-0.05, 0) is 23.8 Å². The minimum absolute atomic E-state index is 0.00754. The Morgan fingerprint density at radius 3 is 2.83 bits per heavy atom. The summed E-state index contributed by atoms with van der Waals surface area (Å²) in [4.78, 5) is 29.0. The van der Waals surface area contributed by atoms with Gasteiger partial charge < -0.3 is 10.1 Å². The predicted molar refractivity (Wildman–Crippen MR) is 109 cm³/mol. The summed E-state index contributed by atoms with van der Waals surface area (Å²) in [6, 6.07) is 13.8. The van der Waals surface area contributed by atoms with Gasteiger partial charge in [0, 0.05) is 47.5 Å². The zero-order valence-electron chi connectivity index (χ0n) is 16.1. The second-order valence-electron chi connectivity index (χ2n) is 7.64. The van der Waals surface area contributed by atoms with E-state index in [-0.39, 0.29) is 36.6 Å². The molecule has 1 aliphatic heterocycles. The van der Waals surface area contributed by atoms with Crippen LogP contribution in [-0.2, 0) is 11.2 Å². The van der Waals surface area contributed by atoms with Gasteiger partial charge in [-0.15, -0.1) is 0 Å². The maximum absolute atomic E-state index is 14.2. The minimum atomic E-state index is -0.471. The lowest BCUT2D eigenvalue weighted by atomic mass is 10.00. The van der Waals surface area contributed by atoms with E-state index >= 15 is 0 Å². The van der Waals surface area contributed by atoms with E-state index in [1.54, 1.807) is 30.6 Å². The number of pyridine rings is 1. The Morgan fingerprint density at radius 2 is 2.00 bits per heavy atom. The van der Waals surface area contributed by atoms with Crippen molar-refractivity contribution in [1.29, 1.82) is 0 Å². The molecule has 1 amide bonds. The van der Waals surface area contributed by atoms with Crippen LogP contribution in [-0.4, -0.2) is 29.3 Å². The molecule has 2 atom stereocenters. The van der Waals surface area contributed by atoms with E-state index in [2.05, 4.69) is 10.3 Å². The van der Waals surface area contributed by atoms with E-state index < -0.39 is 5.92 Å². The zero-order valence-corrected chi connectivity index (χ0v) is 16.1. The Morgan fingerprint density at radius 1 is 1.13 bits per heavy atom. The van der Waals surface area contributed by atoms with Crippen molar-refractivity contribution in [3.63, 3.8) is 0 Å². The first-order valence-electron chi connectivity index (χ1n) is 9.89. The lowest BCUT2D eigenvalue weighted by Gasteiger charge is -2.16. The lowest BCUT2D eigenvalue weighted by molar-refractivity contribution is -0.122. The van der Waals surface area contributed by atoms with Crippen LogP contribution >= 0.6 is 0 Å². The molecule has 0 radical (unpaired) electrons. The van der Waals surface area contributed by atoms with E-state index in [0.29, 0.717) is 23.3 Å². The molecule has 3 aromatic rings. The molecule has 1 aliphatic carbocycles. The average Bonchev–Trinajstić information content (AvgIpc) is 3.33. The highest BCUT2D eigenvalue weighted by atomic mass is 19.1. The van der Waals surface area contributed by atoms with Crippen LogP contribution in [0.5, 0.6) is 5.75 Å². The highest BCUT2D eigenvalue weighted by Crippen LogP contribution is 2.39. The first-order valence-corrected chi connectivity index (χ1v) is 9.89. The highest BCUT2D eigenvalue weighted by Gasteiger charge is 2.35.